The van der Waals surface area contributed by atoms with E-state index in [1.165, 1.54) is 27.4 Å². The van der Waals surface area contributed by atoms with Crippen molar-refractivity contribution in [3.05, 3.63) is 94.3 Å². The molecule has 1 aliphatic rings. The van der Waals surface area contributed by atoms with E-state index in [-0.39, 0.29) is 23.5 Å². The molecule has 11 heteroatoms. The van der Waals surface area contributed by atoms with Crippen LogP contribution in [0.25, 0.3) is 0 Å². The summed E-state index contributed by atoms with van der Waals surface area (Å²) in [6.45, 7) is 3.91. The first-order valence-electron chi connectivity index (χ1n) is 12.2. The number of hydrogen-bond acceptors (Lipinski definition) is 5. The number of anilines is 1. The predicted molar refractivity (Wildman–Crippen MR) is 141 cm³/mol. The zero-order chi connectivity index (χ0) is 27.2. The van der Waals surface area contributed by atoms with Gasteiger partial charge in [0, 0.05) is 50.6 Å². The zero-order valence-electron chi connectivity index (χ0n) is 21.7. The van der Waals surface area contributed by atoms with Crippen molar-refractivity contribution in [3.8, 4) is 0 Å². The average molecular weight is 537 g/mol. The lowest BCUT2D eigenvalue weighted by Crippen LogP contribution is -2.37. The summed E-state index contributed by atoms with van der Waals surface area (Å²) in [5, 5.41) is 8.96. The summed E-state index contributed by atoms with van der Waals surface area (Å²) in [5.74, 6) is -1.11. The van der Waals surface area contributed by atoms with Gasteiger partial charge in [-0.2, -0.15) is 14.5 Å². The maximum atomic E-state index is 14.6. The van der Waals surface area contributed by atoms with Crippen molar-refractivity contribution in [2.24, 2.45) is 14.1 Å². The van der Waals surface area contributed by atoms with E-state index in [1.54, 1.807) is 60.6 Å². The molecule has 1 aliphatic heterocycles. The van der Waals surface area contributed by atoms with Gasteiger partial charge in [0.2, 0.25) is 10.0 Å². The second-order valence-electron chi connectivity index (χ2n) is 9.41. The van der Waals surface area contributed by atoms with E-state index in [4.69, 9.17) is 0 Å². The Morgan fingerprint density at radius 3 is 2.34 bits per heavy atom. The van der Waals surface area contributed by atoms with Gasteiger partial charge in [0.25, 0.3) is 5.91 Å². The number of carbonyl (C=O) groups excluding carboxylic acids is 1. The first-order valence-corrected chi connectivity index (χ1v) is 13.7. The number of amides is 1. The number of hydrogen-bond donors (Lipinski definition) is 0. The summed E-state index contributed by atoms with van der Waals surface area (Å²) in [6.07, 6.45) is 0.475. The van der Waals surface area contributed by atoms with Crippen molar-refractivity contribution in [1.82, 2.24) is 23.9 Å². The number of rotatable bonds is 6. The van der Waals surface area contributed by atoms with Crippen LogP contribution in [0.4, 0.5) is 10.1 Å². The molecule has 0 unspecified atom stereocenters. The summed E-state index contributed by atoms with van der Waals surface area (Å²) < 4.78 is 46.7. The van der Waals surface area contributed by atoms with Gasteiger partial charge >= 0.3 is 0 Å². The second-order valence-corrected chi connectivity index (χ2v) is 11.3. The standard InChI is InChI=1S/C27H29FN6O3S/c1-18-26(19(2)31(3)29-18)38(36,37)33-15-14-25-22(16-33)24(30-32(25)4)17-34(20-10-6-5-7-11-20)27(35)21-12-8-9-13-23(21)28/h5-13H,14-17H2,1-4H3. The molecule has 0 fully saturated rings. The average Bonchev–Trinajstić information content (AvgIpc) is 3.36. The minimum Gasteiger partial charge on any atom is -0.302 e. The minimum absolute atomic E-state index is 0.0483. The van der Waals surface area contributed by atoms with Crippen molar-refractivity contribution in [2.45, 2.75) is 38.3 Å². The molecule has 0 saturated carbocycles. The number of aromatic nitrogens is 4. The summed E-state index contributed by atoms with van der Waals surface area (Å²) in [4.78, 5) is 15.3. The summed E-state index contributed by atoms with van der Waals surface area (Å²) in [7, 11) is -0.281. The maximum Gasteiger partial charge on any atom is 0.261 e. The quantitative estimate of drug-likeness (QED) is 0.376. The van der Waals surface area contributed by atoms with Gasteiger partial charge in [0.1, 0.15) is 10.7 Å². The van der Waals surface area contributed by atoms with Gasteiger partial charge < -0.3 is 4.90 Å². The van der Waals surface area contributed by atoms with Crippen LogP contribution < -0.4 is 4.90 Å². The third-order valence-corrected chi connectivity index (χ3v) is 9.15. The molecule has 0 aliphatic carbocycles. The topological polar surface area (TPSA) is 93.3 Å². The molecule has 2 aromatic heterocycles. The number of para-hydroxylation sites is 1. The van der Waals surface area contributed by atoms with Crippen LogP contribution in [-0.4, -0.2) is 44.7 Å². The predicted octanol–water partition coefficient (Wildman–Crippen LogP) is 3.50. The Hall–Kier alpha value is -3.83. The molecule has 4 aromatic rings. The van der Waals surface area contributed by atoms with E-state index in [0.717, 1.165) is 11.3 Å². The molecule has 9 nitrogen and oxygen atoms in total. The van der Waals surface area contributed by atoms with E-state index in [1.807, 2.05) is 13.1 Å². The molecule has 198 valence electrons. The van der Waals surface area contributed by atoms with Crippen molar-refractivity contribution in [2.75, 3.05) is 11.4 Å². The van der Waals surface area contributed by atoms with Crippen LogP contribution >= 0.6 is 0 Å². The fourth-order valence-electron chi connectivity index (χ4n) is 5.05. The van der Waals surface area contributed by atoms with Gasteiger partial charge in [0.15, 0.2) is 0 Å². The van der Waals surface area contributed by atoms with Gasteiger partial charge in [-0.05, 0) is 38.1 Å². The monoisotopic (exact) mass is 536 g/mol. The first kappa shape index (κ1) is 25.8. The highest BCUT2D eigenvalue weighted by atomic mass is 32.2. The Labute approximate surface area is 221 Å². The lowest BCUT2D eigenvalue weighted by molar-refractivity contribution is 0.0980. The Kier molecular flexibility index (Phi) is 6.66. The van der Waals surface area contributed by atoms with Crippen LogP contribution in [0.2, 0.25) is 0 Å². The number of sulfonamides is 1. The Morgan fingerprint density at radius 1 is 1.00 bits per heavy atom. The first-order chi connectivity index (χ1) is 18.1. The lowest BCUT2D eigenvalue weighted by Gasteiger charge is -2.28. The molecule has 1 amide bonds. The van der Waals surface area contributed by atoms with E-state index in [0.29, 0.717) is 35.7 Å². The Bertz CT molecular complexity index is 1630. The van der Waals surface area contributed by atoms with E-state index in [9.17, 15) is 17.6 Å². The maximum absolute atomic E-state index is 14.6. The van der Waals surface area contributed by atoms with Crippen molar-refractivity contribution < 1.29 is 17.6 Å². The number of nitrogens with zero attached hydrogens (tertiary/aromatic N) is 6. The highest BCUT2D eigenvalue weighted by Crippen LogP contribution is 2.31. The van der Waals surface area contributed by atoms with Crippen LogP contribution in [0.15, 0.2) is 59.5 Å². The number of halogens is 1. The number of fused-ring (bicyclic) bond motifs is 1. The van der Waals surface area contributed by atoms with Gasteiger partial charge in [0.05, 0.1) is 29.2 Å². The minimum atomic E-state index is -3.82. The number of aryl methyl sites for hydroxylation is 3. The smallest absolute Gasteiger partial charge is 0.261 e. The Morgan fingerprint density at radius 2 is 1.68 bits per heavy atom. The molecule has 0 N–H and O–H groups in total. The third kappa shape index (κ3) is 4.41. The van der Waals surface area contributed by atoms with Gasteiger partial charge in [-0.3, -0.25) is 14.2 Å². The SMILES string of the molecule is Cc1nn(C)c(C)c1S(=O)(=O)N1CCc2c(c(CN(C(=O)c3ccccc3F)c3ccccc3)nn2C)C1. The highest BCUT2D eigenvalue weighted by molar-refractivity contribution is 7.89. The molecule has 3 heterocycles. The van der Waals surface area contributed by atoms with Crippen molar-refractivity contribution in [1.29, 1.82) is 0 Å². The molecule has 5 rings (SSSR count). The molecule has 0 bridgehead atoms. The summed E-state index contributed by atoms with van der Waals surface area (Å²) in [5.41, 5.74) is 3.80. The highest BCUT2D eigenvalue weighted by Gasteiger charge is 2.36. The van der Waals surface area contributed by atoms with E-state index in [2.05, 4.69) is 10.2 Å². The van der Waals surface area contributed by atoms with Crippen LogP contribution in [-0.2, 0) is 43.6 Å². The molecule has 0 saturated heterocycles. The van der Waals surface area contributed by atoms with Crippen molar-refractivity contribution >= 4 is 21.6 Å². The molecule has 2 aromatic carbocycles. The molecular weight excluding hydrogens is 507 g/mol. The third-order valence-electron chi connectivity index (χ3n) is 7.06. The fraction of sp³-hybridized carbons (Fsp3) is 0.296. The molecule has 0 radical (unpaired) electrons. The summed E-state index contributed by atoms with van der Waals surface area (Å²) >= 11 is 0. The van der Waals surface area contributed by atoms with Gasteiger partial charge in [-0.15, -0.1) is 0 Å². The fourth-order valence-corrected chi connectivity index (χ4v) is 6.86. The van der Waals surface area contributed by atoms with Gasteiger partial charge in [-0.25, -0.2) is 12.8 Å². The molecule has 0 spiro atoms. The van der Waals surface area contributed by atoms with Crippen LogP contribution in [0.1, 0.15) is 38.7 Å². The van der Waals surface area contributed by atoms with Crippen LogP contribution in [0, 0.1) is 19.7 Å². The number of benzene rings is 2. The zero-order valence-corrected chi connectivity index (χ0v) is 22.5. The van der Waals surface area contributed by atoms with E-state index >= 15 is 0 Å². The largest absolute Gasteiger partial charge is 0.302 e. The van der Waals surface area contributed by atoms with E-state index < -0.39 is 21.7 Å². The van der Waals surface area contributed by atoms with Gasteiger partial charge in [-0.1, -0.05) is 30.3 Å². The molecule has 0 atom stereocenters. The normalized spacial score (nSPS) is 13.9. The van der Waals surface area contributed by atoms with Crippen molar-refractivity contribution in [3.63, 3.8) is 0 Å². The number of carbonyl (C=O) groups is 1. The summed E-state index contributed by atoms with van der Waals surface area (Å²) in [6, 6.07) is 14.9. The van der Waals surface area contributed by atoms with Crippen LogP contribution in [0.5, 0.6) is 0 Å². The molecule has 38 heavy (non-hydrogen) atoms. The van der Waals surface area contributed by atoms with Crippen LogP contribution in [0.3, 0.4) is 0 Å². The molecular formula is C27H29FN6O3S. The lowest BCUT2D eigenvalue weighted by atomic mass is 10.1. The Balaban J connectivity index is 1.52. The second kappa shape index (κ2) is 9.80.